The number of fused-ring (bicyclic) bond motifs is 1. The van der Waals surface area contributed by atoms with Crippen LogP contribution < -0.4 is 0 Å². The average molecular weight is 299 g/mol. The number of aliphatic hydroxyl groups is 1. The maximum atomic E-state index is 9.42. The van der Waals surface area contributed by atoms with Crippen LogP contribution in [0.3, 0.4) is 0 Å². The molecule has 1 heterocycles. The highest BCUT2D eigenvalue weighted by Crippen LogP contribution is 2.39. The lowest BCUT2D eigenvalue weighted by Crippen LogP contribution is -2.30. The molecule has 0 saturated heterocycles. The second kappa shape index (κ2) is 5.82. The minimum Gasteiger partial charge on any atom is -0.395 e. The number of hydrogen-bond acceptors (Lipinski definition) is 5. The molecule has 0 bridgehead atoms. The van der Waals surface area contributed by atoms with Crippen LogP contribution in [0.1, 0.15) is 54.1 Å². The molecule has 0 radical (unpaired) electrons. The average Bonchev–Trinajstić information content (AvgIpc) is 3.13. The van der Waals surface area contributed by atoms with Crippen molar-refractivity contribution in [2.24, 2.45) is 0 Å². The summed E-state index contributed by atoms with van der Waals surface area (Å²) in [5, 5.41) is 13.5. The second-order valence-electron chi connectivity index (χ2n) is 6.27. The number of aryl methyl sites for hydroxylation is 1. The summed E-state index contributed by atoms with van der Waals surface area (Å²) in [7, 11) is 0. The van der Waals surface area contributed by atoms with E-state index in [1.807, 2.05) is 0 Å². The summed E-state index contributed by atoms with van der Waals surface area (Å²) < 4.78 is 5.35. The van der Waals surface area contributed by atoms with E-state index in [0.717, 1.165) is 37.4 Å². The summed E-state index contributed by atoms with van der Waals surface area (Å²) in [6, 6.07) is 8.92. The van der Waals surface area contributed by atoms with E-state index in [1.54, 1.807) is 0 Å². The first-order valence-electron chi connectivity index (χ1n) is 8.10. The van der Waals surface area contributed by atoms with Gasteiger partial charge in [0.1, 0.15) is 0 Å². The summed E-state index contributed by atoms with van der Waals surface area (Å²) in [5.41, 5.74) is 2.80. The molecule has 2 aromatic rings. The first kappa shape index (κ1) is 13.9. The fourth-order valence-electron chi connectivity index (χ4n) is 3.40. The number of benzene rings is 1. The molecule has 0 spiro atoms. The zero-order valence-electron chi connectivity index (χ0n) is 12.6. The van der Waals surface area contributed by atoms with Crippen molar-refractivity contribution < 1.29 is 9.63 Å². The van der Waals surface area contributed by atoms with E-state index in [0.29, 0.717) is 25.0 Å². The highest BCUT2D eigenvalue weighted by molar-refractivity contribution is 5.34. The molecule has 1 fully saturated rings. The van der Waals surface area contributed by atoms with Gasteiger partial charge in [-0.05, 0) is 36.8 Å². The van der Waals surface area contributed by atoms with Crippen LogP contribution in [0.5, 0.6) is 0 Å². The number of aliphatic hydroxyl groups excluding tert-OH is 1. The first-order valence-corrected chi connectivity index (χ1v) is 8.10. The Morgan fingerprint density at radius 2 is 2.09 bits per heavy atom. The minimum atomic E-state index is 0.145. The Labute approximate surface area is 130 Å². The zero-order valence-corrected chi connectivity index (χ0v) is 12.6. The number of nitrogens with zero attached hydrogens (tertiary/aromatic N) is 3. The normalized spacial score (nSPS) is 20.5. The van der Waals surface area contributed by atoms with Gasteiger partial charge in [-0.1, -0.05) is 29.4 Å². The van der Waals surface area contributed by atoms with Crippen molar-refractivity contribution in [3.05, 3.63) is 47.1 Å². The molecule has 0 aliphatic heterocycles. The molecular weight excluding hydrogens is 278 g/mol. The molecule has 4 rings (SSSR count). The van der Waals surface area contributed by atoms with E-state index in [-0.39, 0.29) is 6.61 Å². The van der Waals surface area contributed by atoms with Gasteiger partial charge in [-0.2, -0.15) is 4.98 Å². The molecule has 2 aliphatic carbocycles. The van der Waals surface area contributed by atoms with E-state index >= 15 is 0 Å². The third-order valence-electron chi connectivity index (χ3n) is 4.68. The molecule has 22 heavy (non-hydrogen) atoms. The van der Waals surface area contributed by atoms with E-state index in [2.05, 4.69) is 39.3 Å². The lowest BCUT2D eigenvalue weighted by atomic mass is 10.1. The van der Waals surface area contributed by atoms with Gasteiger partial charge in [-0.25, -0.2) is 0 Å². The van der Waals surface area contributed by atoms with Crippen molar-refractivity contribution in [2.45, 2.75) is 44.2 Å². The van der Waals surface area contributed by atoms with Crippen LogP contribution in [0.2, 0.25) is 0 Å². The number of rotatable bonds is 6. The summed E-state index contributed by atoms with van der Waals surface area (Å²) in [6.07, 6.45) is 4.52. The quantitative estimate of drug-likeness (QED) is 0.887. The monoisotopic (exact) mass is 299 g/mol. The van der Waals surface area contributed by atoms with Crippen LogP contribution in [-0.4, -0.2) is 33.3 Å². The fourth-order valence-corrected chi connectivity index (χ4v) is 3.40. The Morgan fingerprint density at radius 3 is 2.91 bits per heavy atom. The predicted octanol–water partition coefficient (Wildman–Crippen LogP) is 2.43. The molecule has 1 saturated carbocycles. The van der Waals surface area contributed by atoms with E-state index < -0.39 is 0 Å². The Bertz CT molecular complexity index is 651. The molecule has 1 unspecified atom stereocenters. The maximum absolute atomic E-state index is 9.42. The zero-order chi connectivity index (χ0) is 14.9. The smallest absolute Gasteiger partial charge is 0.229 e. The van der Waals surface area contributed by atoms with Gasteiger partial charge in [-0.3, -0.25) is 4.90 Å². The van der Waals surface area contributed by atoms with Crippen LogP contribution in [0, 0.1) is 0 Å². The maximum Gasteiger partial charge on any atom is 0.229 e. The van der Waals surface area contributed by atoms with Gasteiger partial charge in [0.15, 0.2) is 5.82 Å². The molecule has 1 aromatic heterocycles. The summed E-state index contributed by atoms with van der Waals surface area (Å²) in [5.74, 6) is 2.00. The van der Waals surface area contributed by atoms with Crippen LogP contribution >= 0.6 is 0 Å². The third-order valence-corrected chi connectivity index (χ3v) is 4.68. The molecule has 2 aliphatic rings. The molecule has 1 aromatic carbocycles. The molecule has 1 N–H and O–H groups in total. The molecule has 5 nitrogen and oxygen atoms in total. The first-order chi connectivity index (χ1) is 10.8. The van der Waals surface area contributed by atoms with Gasteiger partial charge in [0, 0.05) is 18.5 Å². The Morgan fingerprint density at radius 1 is 1.23 bits per heavy atom. The third kappa shape index (κ3) is 2.66. The molecule has 116 valence electrons. The van der Waals surface area contributed by atoms with Crippen molar-refractivity contribution in [2.75, 3.05) is 13.2 Å². The highest BCUT2D eigenvalue weighted by Gasteiger charge is 2.31. The number of aromatic nitrogens is 2. The fraction of sp³-hybridized carbons (Fsp3) is 0.529. The van der Waals surface area contributed by atoms with Crippen molar-refractivity contribution in [3.63, 3.8) is 0 Å². The topological polar surface area (TPSA) is 62.4 Å². The highest BCUT2D eigenvalue weighted by atomic mass is 16.5. The van der Waals surface area contributed by atoms with Gasteiger partial charge in [-0.15, -0.1) is 0 Å². The van der Waals surface area contributed by atoms with E-state index in [4.69, 9.17) is 4.52 Å². The minimum absolute atomic E-state index is 0.145. The Balaban J connectivity index is 1.53. The summed E-state index contributed by atoms with van der Waals surface area (Å²) in [4.78, 5) is 6.79. The van der Waals surface area contributed by atoms with Crippen molar-refractivity contribution in [1.29, 1.82) is 0 Å². The summed E-state index contributed by atoms with van der Waals surface area (Å²) >= 11 is 0. The van der Waals surface area contributed by atoms with Gasteiger partial charge >= 0.3 is 0 Å². The second-order valence-corrected chi connectivity index (χ2v) is 6.27. The standard InChI is InChI=1S/C17H21N3O2/c21-10-9-20(11-16-18-17(22-19-16)13-5-6-13)15-8-7-12-3-1-2-4-14(12)15/h1-4,13,15,21H,5-11H2. The lowest BCUT2D eigenvalue weighted by molar-refractivity contribution is 0.138. The molecule has 5 heteroatoms. The summed E-state index contributed by atoms with van der Waals surface area (Å²) in [6.45, 7) is 1.41. The molecule has 0 amide bonds. The van der Waals surface area contributed by atoms with Crippen LogP contribution in [0.25, 0.3) is 0 Å². The van der Waals surface area contributed by atoms with E-state index in [1.165, 1.54) is 11.1 Å². The predicted molar refractivity (Wildman–Crippen MR) is 81.3 cm³/mol. The largest absolute Gasteiger partial charge is 0.395 e. The SMILES string of the molecule is OCCN(Cc1noc(C2CC2)n1)C1CCc2ccccc21. The van der Waals surface area contributed by atoms with Gasteiger partial charge in [0.2, 0.25) is 5.89 Å². The van der Waals surface area contributed by atoms with E-state index in [9.17, 15) is 5.11 Å². The van der Waals surface area contributed by atoms with Crippen molar-refractivity contribution >= 4 is 0 Å². The van der Waals surface area contributed by atoms with Gasteiger partial charge in [0.25, 0.3) is 0 Å². The van der Waals surface area contributed by atoms with Crippen molar-refractivity contribution in [1.82, 2.24) is 15.0 Å². The van der Waals surface area contributed by atoms with Gasteiger partial charge in [0.05, 0.1) is 13.2 Å². The molecule has 1 atom stereocenters. The Hall–Kier alpha value is -1.72. The molecular formula is C17H21N3O2. The van der Waals surface area contributed by atoms with Crippen LogP contribution in [-0.2, 0) is 13.0 Å². The lowest BCUT2D eigenvalue weighted by Gasteiger charge is -2.27. The van der Waals surface area contributed by atoms with Crippen molar-refractivity contribution in [3.8, 4) is 0 Å². The Kier molecular flexibility index (Phi) is 3.68. The van der Waals surface area contributed by atoms with Crippen LogP contribution in [0.15, 0.2) is 28.8 Å². The van der Waals surface area contributed by atoms with Gasteiger partial charge < -0.3 is 9.63 Å². The van der Waals surface area contributed by atoms with Crippen LogP contribution in [0.4, 0.5) is 0 Å². The number of hydrogen-bond donors (Lipinski definition) is 1.